The van der Waals surface area contributed by atoms with Crippen molar-refractivity contribution in [3.8, 4) is 17.2 Å². The lowest BCUT2D eigenvalue weighted by molar-refractivity contribution is -0.113. The number of aromatic nitrogens is 3. The van der Waals surface area contributed by atoms with Crippen molar-refractivity contribution in [2.75, 3.05) is 37.2 Å². The average Bonchev–Trinajstić information content (AvgIpc) is 3.31. The second-order valence-electron chi connectivity index (χ2n) is 8.43. The van der Waals surface area contributed by atoms with Gasteiger partial charge >= 0.3 is 0 Å². The fourth-order valence-electron chi connectivity index (χ4n) is 4.17. The van der Waals surface area contributed by atoms with Crippen LogP contribution >= 0.6 is 11.8 Å². The molecule has 0 aliphatic carbocycles. The van der Waals surface area contributed by atoms with Crippen LogP contribution in [0.25, 0.3) is 0 Å². The Morgan fingerprint density at radius 1 is 1.11 bits per heavy atom. The summed E-state index contributed by atoms with van der Waals surface area (Å²) in [6, 6.07) is 12.5. The molecule has 2 heterocycles. The smallest absolute Gasteiger partial charge is 0.255 e. The predicted octanol–water partition coefficient (Wildman–Crippen LogP) is 5.51. The summed E-state index contributed by atoms with van der Waals surface area (Å²) in [6.07, 6.45) is 2.17. The minimum absolute atomic E-state index is 0.265. The van der Waals surface area contributed by atoms with Gasteiger partial charge in [0.1, 0.15) is 11.8 Å². The molecule has 196 valence electrons. The largest absolute Gasteiger partial charge is 0.493 e. The van der Waals surface area contributed by atoms with Crippen molar-refractivity contribution in [3.05, 3.63) is 59.3 Å². The third kappa shape index (κ3) is 5.69. The molecule has 0 spiro atoms. The highest BCUT2D eigenvalue weighted by Crippen LogP contribution is 2.40. The van der Waals surface area contributed by atoms with E-state index in [0.29, 0.717) is 51.9 Å². The number of allylic oxidation sites excluding steroid dienone is 1. The molecule has 37 heavy (non-hydrogen) atoms. The maximum atomic E-state index is 13.8. The first kappa shape index (κ1) is 26.4. The first-order valence-electron chi connectivity index (χ1n) is 12.3. The van der Waals surface area contributed by atoms with Crippen molar-refractivity contribution in [2.45, 2.75) is 44.8 Å². The zero-order valence-corrected chi connectivity index (χ0v) is 22.6. The first-order valence-corrected chi connectivity index (χ1v) is 13.3. The third-order valence-corrected chi connectivity index (χ3v) is 6.89. The van der Waals surface area contributed by atoms with E-state index in [2.05, 4.69) is 17.6 Å². The van der Waals surface area contributed by atoms with Crippen LogP contribution in [0.2, 0.25) is 0 Å². The lowest BCUT2D eigenvalue weighted by Gasteiger charge is -2.29. The zero-order valence-electron chi connectivity index (χ0n) is 21.8. The van der Waals surface area contributed by atoms with Gasteiger partial charge in [-0.15, -0.1) is 5.10 Å². The molecule has 10 heteroatoms. The van der Waals surface area contributed by atoms with Crippen LogP contribution in [0.5, 0.6) is 17.2 Å². The number of rotatable bonds is 11. The lowest BCUT2D eigenvalue weighted by Crippen LogP contribution is -2.31. The standard InChI is InChI=1S/C27H33N5O4S/c1-6-8-15-37-27-30-26-28-17(3)23(25(33)29-19-11-9-10-12-20(19)36-7-2)24(32(26)31-27)18-13-14-21(34-4)22(16-18)35-5/h9-14,16,24H,6-8,15H2,1-5H3,(H,29,33)(H,28,30,31). The van der Waals surface area contributed by atoms with E-state index >= 15 is 0 Å². The van der Waals surface area contributed by atoms with Gasteiger partial charge in [0.25, 0.3) is 5.91 Å². The summed E-state index contributed by atoms with van der Waals surface area (Å²) in [6.45, 7) is 6.43. The van der Waals surface area contributed by atoms with E-state index in [4.69, 9.17) is 24.3 Å². The van der Waals surface area contributed by atoms with E-state index in [-0.39, 0.29) is 5.91 Å². The number of carbonyl (C=O) groups excluding carboxylic acids is 1. The third-order valence-electron chi connectivity index (χ3n) is 5.97. The number of nitrogens with one attached hydrogen (secondary N) is 2. The number of methoxy groups -OCH3 is 2. The molecule has 1 atom stereocenters. The highest BCUT2D eigenvalue weighted by Gasteiger charge is 2.35. The molecule has 2 N–H and O–H groups in total. The van der Waals surface area contributed by atoms with Gasteiger partial charge in [-0.1, -0.05) is 43.3 Å². The quantitative estimate of drug-likeness (QED) is 0.251. The fourth-order valence-corrected chi connectivity index (χ4v) is 5.08. The molecule has 0 fully saturated rings. The molecule has 1 aliphatic rings. The molecular weight excluding hydrogens is 490 g/mol. The van der Waals surface area contributed by atoms with Crippen LogP contribution in [0.4, 0.5) is 11.6 Å². The molecular formula is C27H33N5O4S. The number of thioether (sulfide) groups is 1. The number of benzene rings is 2. The number of para-hydroxylation sites is 2. The molecule has 1 aromatic heterocycles. The van der Waals surface area contributed by atoms with Gasteiger partial charge in [0, 0.05) is 11.4 Å². The molecule has 0 saturated carbocycles. The monoisotopic (exact) mass is 523 g/mol. The number of anilines is 2. The van der Waals surface area contributed by atoms with Crippen LogP contribution in [0, 0.1) is 0 Å². The summed E-state index contributed by atoms with van der Waals surface area (Å²) < 4.78 is 18.5. The Morgan fingerprint density at radius 2 is 1.89 bits per heavy atom. The maximum absolute atomic E-state index is 13.8. The SMILES string of the molecule is CCCCSc1nc2n(n1)C(c1ccc(OC)c(OC)c1)C(C(=O)Nc1ccccc1OCC)=C(C)N2. The number of ether oxygens (including phenoxy) is 3. The van der Waals surface area contributed by atoms with Crippen molar-refractivity contribution >= 4 is 29.3 Å². The number of hydrogen-bond acceptors (Lipinski definition) is 8. The summed E-state index contributed by atoms with van der Waals surface area (Å²) in [7, 11) is 3.18. The van der Waals surface area contributed by atoms with Crippen molar-refractivity contribution in [2.24, 2.45) is 0 Å². The summed E-state index contributed by atoms with van der Waals surface area (Å²) in [4.78, 5) is 18.5. The van der Waals surface area contributed by atoms with Gasteiger partial charge in [0.15, 0.2) is 11.5 Å². The molecule has 2 aromatic carbocycles. The Labute approximate surface area is 221 Å². The number of hydrogen-bond donors (Lipinski definition) is 2. The molecule has 0 bridgehead atoms. The Bertz CT molecular complexity index is 1290. The van der Waals surface area contributed by atoms with Crippen LogP contribution in [0.3, 0.4) is 0 Å². The number of unbranched alkanes of at least 4 members (excludes halogenated alkanes) is 1. The van der Waals surface area contributed by atoms with Gasteiger partial charge in [0.05, 0.1) is 32.1 Å². The van der Waals surface area contributed by atoms with Gasteiger partial charge in [-0.3, -0.25) is 4.79 Å². The van der Waals surface area contributed by atoms with Gasteiger partial charge in [-0.05, 0) is 50.1 Å². The molecule has 4 rings (SSSR count). The first-order chi connectivity index (χ1) is 18.0. The summed E-state index contributed by atoms with van der Waals surface area (Å²) in [5, 5.41) is 11.8. The fraction of sp³-hybridized carbons (Fsp3) is 0.370. The van der Waals surface area contributed by atoms with Gasteiger partial charge in [0.2, 0.25) is 11.1 Å². The second kappa shape index (κ2) is 12.1. The van der Waals surface area contributed by atoms with Crippen molar-refractivity contribution in [3.63, 3.8) is 0 Å². The maximum Gasteiger partial charge on any atom is 0.255 e. The zero-order chi connectivity index (χ0) is 26.4. The normalized spacial score (nSPS) is 14.6. The Balaban J connectivity index is 1.77. The lowest BCUT2D eigenvalue weighted by atomic mass is 9.94. The summed E-state index contributed by atoms with van der Waals surface area (Å²) in [5.74, 6) is 3.03. The molecule has 1 unspecified atom stereocenters. The predicted molar refractivity (Wildman–Crippen MR) is 146 cm³/mol. The van der Waals surface area contributed by atoms with Crippen molar-refractivity contribution in [1.29, 1.82) is 0 Å². The highest BCUT2D eigenvalue weighted by molar-refractivity contribution is 7.99. The van der Waals surface area contributed by atoms with Crippen LogP contribution in [0.1, 0.15) is 45.2 Å². The summed E-state index contributed by atoms with van der Waals surface area (Å²) in [5.41, 5.74) is 2.62. The molecule has 1 amide bonds. The molecule has 9 nitrogen and oxygen atoms in total. The average molecular weight is 524 g/mol. The summed E-state index contributed by atoms with van der Waals surface area (Å²) >= 11 is 1.61. The van der Waals surface area contributed by atoms with E-state index in [1.807, 2.05) is 56.3 Å². The molecule has 0 saturated heterocycles. The van der Waals surface area contributed by atoms with Gasteiger partial charge in [-0.25, -0.2) is 4.68 Å². The van der Waals surface area contributed by atoms with Crippen LogP contribution in [0.15, 0.2) is 58.9 Å². The number of fused-ring (bicyclic) bond motifs is 1. The molecule has 1 aliphatic heterocycles. The minimum Gasteiger partial charge on any atom is -0.493 e. The Hall–Kier alpha value is -3.66. The topological polar surface area (TPSA) is 99.5 Å². The minimum atomic E-state index is -0.539. The van der Waals surface area contributed by atoms with Crippen molar-refractivity contribution < 1.29 is 19.0 Å². The van der Waals surface area contributed by atoms with E-state index in [1.54, 1.807) is 30.7 Å². The van der Waals surface area contributed by atoms with E-state index in [0.717, 1.165) is 24.2 Å². The number of nitrogens with zero attached hydrogens (tertiary/aromatic N) is 3. The van der Waals surface area contributed by atoms with E-state index < -0.39 is 6.04 Å². The Kier molecular flexibility index (Phi) is 8.60. The van der Waals surface area contributed by atoms with Crippen LogP contribution in [-0.2, 0) is 4.79 Å². The van der Waals surface area contributed by atoms with E-state index in [9.17, 15) is 4.79 Å². The van der Waals surface area contributed by atoms with Crippen LogP contribution < -0.4 is 24.8 Å². The van der Waals surface area contributed by atoms with Gasteiger partial charge in [-0.2, -0.15) is 4.98 Å². The molecule has 3 aromatic rings. The van der Waals surface area contributed by atoms with Crippen LogP contribution in [-0.4, -0.2) is 47.3 Å². The number of carbonyl (C=O) groups is 1. The van der Waals surface area contributed by atoms with E-state index in [1.165, 1.54) is 0 Å². The van der Waals surface area contributed by atoms with Crippen molar-refractivity contribution in [1.82, 2.24) is 14.8 Å². The number of amides is 1. The van der Waals surface area contributed by atoms with Gasteiger partial charge < -0.3 is 24.8 Å². The molecule has 0 radical (unpaired) electrons. The Morgan fingerprint density at radius 3 is 2.62 bits per heavy atom. The second-order valence-corrected chi connectivity index (χ2v) is 9.49. The highest BCUT2D eigenvalue weighted by atomic mass is 32.2.